The molecule has 0 saturated carbocycles. The molecule has 0 bridgehead atoms. The van der Waals surface area contributed by atoms with Crippen LogP contribution in [-0.2, 0) is 10.1 Å². The number of benzene rings is 2. The van der Waals surface area contributed by atoms with Crippen molar-refractivity contribution in [3.8, 4) is 0 Å². The Morgan fingerprint density at radius 3 is 2.48 bits per heavy atom. The van der Waals surface area contributed by atoms with E-state index in [1.54, 1.807) is 0 Å². The van der Waals surface area contributed by atoms with Crippen LogP contribution in [0.2, 0.25) is 0 Å². The number of H-pyrrole nitrogens is 1. The van der Waals surface area contributed by atoms with Crippen LogP contribution in [0.25, 0.3) is 11.0 Å². The Labute approximate surface area is 130 Å². The molecule has 10 heteroatoms. The summed E-state index contributed by atoms with van der Waals surface area (Å²) in [6.07, 6.45) is 0. The van der Waals surface area contributed by atoms with Crippen molar-refractivity contribution in [2.45, 2.75) is 4.90 Å². The van der Waals surface area contributed by atoms with Crippen LogP contribution in [0.5, 0.6) is 0 Å². The van der Waals surface area contributed by atoms with E-state index in [0.29, 0.717) is 5.95 Å². The number of anilines is 1. The first kappa shape index (κ1) is 16.4. The number of rotatable bonds is 2. The molecule has 3 rings (SSSR count). The van der Waals surface area contributed by atoms with Crippen LogP contribution in [0.1, 0.15) is 0 Å². The van der Waals surface area contributed by atoms with Gasteiger partial charge in [-0.25, -0.2) is 4.98 Å². The summed E-state index contributed by atoms with van der Waals surface area (Å²) in [5, 5.41) is 10.2. The Kier molecular flexibility index (Phi) is 4.57. The van der Waals surface area contributed by atoms with Gasteiger partial charge in [-0.3, -0.25) is 14.7 Å². The second kappa shape index (κ2) is 6.42. The fourth-order valence-electron chi connectivity index (χ4n) is 1.73. The van der Waals surface area contributed by atoms with Gasteiger partial charge in [0.15, 0.2) is 5.95 Å². The monoisotopic (exact) mass is 336 g/mol. The number of nitrogen functional groups attached to an aromatic ring is 1. The molecule has 23 heavy (non-hydrogen) atoms. The lowest BCUT2D eigenvalue weighted by Crippen LogP contribution is -1.98. The summed E-state index contributed by atoms with van der Waals surface area (Å²) in [5.74, 6) is 0.473. The van der Waals surface area contributed by atoms with Crippen molar-refractivity contribution < 1.29 is 17.9 Å². The minimum absolute atomic E-state index is 0.380. The van der Waals surface area contributed by atoms with Crippen molar-refractivity contribution in [1.82, 2.24) is 9.97 Å². The molecule has 0 aliphatic heterocycles. The van der Waals surface area contributed by atoms with Crippen molar-refractivity contribution in [2.75, 3.05) is 5.73 Å². The molecule has 3 aromatic rings. The number of non-ortho nitro benzene ring substituents is 1. The number of nitrogens with two attached hydrogens (primary N) is 1. The third kappa shape index (κ3) is 4.25. The average molecular weight is 336 g/mol. The van der Waals surface area contributed by atoms with E-state index in [4.69, 9.17) is 10.3 Å². The third-order valence-electron chi connectivity index (χ3n) is 2.73. The minimum atomic E-state index is -4.36. The highest BCUT2D eigenvalue weighted by atomic mass is 32.2. The predicted octanol–water partition coefficient (Wildman–Crippen LogP) is 1.99. The molecule has 2 aromatic carbocycles. The number of aromatic nitrogens is 2. The Bertz CT molecular complexity index is 919. The van der Waals surface area contributed by atoms with Crippen LogP contribution >= 0.6 is 0 Å². The maximum atomic E-state index is 10.5. The number of nitrogens with one attached hydrogen (secondary N) is 1. The van der Waals surface area contributed by atoms with E-state index in [-0.39, 0.29) is 5.69 Å². The lowest BCUT2D eigenvalue weighted by atomic mass is 10.3. The van der Waals surface area contributed by atoms with Crippen LogP contribution in [-0.4, -0.2) is 27.9 Å². The average Bonchev–Trinajstić information content (AvgIpc) is 2.87. The van der Waals surface area contributed by atoms with E-state index in [9.17, 15) is 18.5 Å². The second-order valence-electron chi connectivity index (χ2n) is 4.37. The number of fused-ring (bicyclic) bond motifs is 1. The number of para-hydroxylation sites is 2. The molecule has 0 radical (unpaired) electrons. The van der Waals surface area contributed by atoms with E-state index in [2.05, 4.69) is 9.97 Å². The molecular weight excluding hydrogens is 324 g/mol. The fraction of sp³-hybridized carbons (Fsp3) is 0. The van der Waals surface area contributed by atoms with Crippen LogP contribution in [0, 0.1) is 10.1 Å². The van der Waals surface area contributed by atoms with Gasteiger partial charge in [0, 0.05) is 12.1 Å². The smallest absolute Gasteiger partial charge is 0.294 e. The molecule has 0 amide bonds. The highest BCUT2D eigenvalue weighted by Crippen LogP contribution is 2.16. The van der Waals surface area contributed by atoms with Crippen LogP contribution in [0.3, 0.4) is 0 Å². The third-order valence-corrected chi connectivity index (χ3v) is 3.58. The topological polar surface area (TPSA) is 152 Å². The SMILES string of the molecule is Nc1nc2ccccc2[nH]1.O=[N+]([O-])c1cccc(S(=O)(=O)O)c1. The Hall–Kier alpha value is -2.98. The highest BCUT2D eigenvalue weighted by molar-refractivity contribution is 7.85. The maximum Gasteiger partial charge on any atom is 0.294 e. The number of imidazole rings is 1. The number of nitro benzene ring substituents is 1. The van der Waals surface area contributed by atoms with Crippen LogP contribution in [0.15, 0.2) is 53.4 Å². The number of hydrogen-bond acceptors (Lipinski definition) is 6. The summed E-state index contributed by atoms with van der Waals surface area (Å²) < 4.78 is 29.6. The molecule has 0 aliphatic rings. The number of hydrogen-bond donors (Lipinski definition) is 3. The Morgan fingerprint density at radius 1 is 1.17 bits per heavy atom. The fourth-order valence-corrected chi connectivity index (χ4v) is 2.25. The zero-order valence-corrected chi connectivity index (χ0v) is 12.4. The first-order valence-corrected chi connectivity index (χ1v) is 7.63. The summed E-state index contributed by atoms with van der Waals surface area (Å²) in [4.78, 5) is 15.9. The van der Waals surface area contributed by atoms with Gasteiger partial charge >= 0.3 is 0 Å². The van der Waals surface area contributed by atoms with Gasteiger partial charge in [0.1, 0.15) is 4.90 Å². The molecule has 1 heterocycles. The van der Waals surface area contributed by atoms with Gasteiger partial charge < -0.3 is 10.7 Å². The predicted molar refractivity (Wildman–Crippen MR) is 83.4 cm³/mol. The molecule has 0 saturated heterocycles. The zero-order valence-electron chi connectivity index (χ0n) is 11.6. The number of nitrogens with zero attached hydrogens (tertiary/aromatic N) is 2. The van der Waals surface area contributed by atoms with Gasteiger partial charge in [-0.1, -0.05) is 18.2 Å². The molecule has 0 unspecified atom stereocenters. The molecular formula is C13H12N4O5S. The highest BCUT2D eigenvalue weighted by Gasteiger charge is 2.13. The van der Waals surface area contributed by atoms with Gasteiger partial charge in [0.2, 0.25) is 0 Å². The molecule has 1 aromatic heterocycles. The quantitative estimate of drug-likeness (QED) is 0.367. The van der Waals surface area contributed by atoms with Crippen molar-refractivity contribution in [3.63, 3.8) is 0 Å². The van der Waals surface area contributed by atoms with Crippen LogP contribution in [0.4, 0.5) is 11.6 Å². The van der Waals surface area contributed by atoms with E-state index in [1.807, 2.05) is 24.3 Å². The zero-order chi connectivity index (χ0) is 17.0. The molecule has 9 nitrogen and oxygen atoms in total. The first-order valence-electron chi connectivity index (χ1n) is 6.19. The lowest BCUT2D eigenvalue weighted by molar-refractivity contribution is -0.385. The van der Waals surface area contributed by atoms with Gasteiger partial charge in [0.05, 0.1) is 16.0 Å². The van der Waals surface area contributed by atoms with Crippen molar-refractivity contribution >= 4 is 32.8 Å². The van der Waals surface area contributed by atoms with Crippen molar-refractivity contribution in [2.24, 2.45) is 0 Å². The Balaban J connectivity index is 0.000000172. The van der Waals surface area contributed by atoms with E-state index in [0.717, 1.165) is 29.2 Å². The van der Waals surface area contributed by atoms with E-state index in [1.165, 1.54) is 6.07 Å². The summed E-state index contributed by atoms with van der Waals surface area (Å²) in [6.45, 7) is 0. The van der Waals surface area contributed by atoms with Gasteiger partial charge in [-0.15, -0.1) is 0 Å². The maximum absolute atomic E-state index is 10.5. The lowest BCUT2D eigenvalue weighted by Gasteiger charge is -1.95. The van der Waals surface area contributed by atoms with Crippen molar-refractivity contribution in [3.05, 3.63) is 58.6 Å². The minimum Gasteiger partial charge on any atom is -0.369 e. The summed E-state index contributed by atoms with van der Waals surface area (Å²) in [6, 6.07) is 11.9. The largest absolute Gasteiger partial charge is 0.369 e. The molecule has 0 fully saturated rings. The number of nitro groups is 1. The van der Waals surface area contributed by atoms with E-state index < -0.39 is 19.9 Å². The molecule has 0 spiro atoms. The van der Waals surface area contributed by atoms with Gasteiger partial charge in [0.25, 0.3) is 15.8 Å². The Morgan fingerprint density at radius 2 is 1.87 bits per heavy atom. The first-order chi connectivity index (χ1) is 10.8. The van der Waals surface area contributed by atoms with Crippen LogP contribution < -0.4 is 5.73 Å². The van der Waals surface area contributed by atoms with Crippen molar-refractivity contribution in [1.29, 1.82) is 0 Å². The standard InChI is InChI=1S/C7H7N3.C6H5NO5S/c8-7-9-5-3-1-2-4-6(5)10-7;8-7(9)5-2-1-3-6(4-5)13(10,11)12/h1-4H,(H3,8,9,10);1-4H,(H,10,11,12). The molecule has 4 N–H and O–H groups in total. The van der Waals surface area contributed by atoms with Gasteiger partial charge in [-0.2, -0.15) is 8.42 Å². The summed E-state index contributed by atoms with van der Waals surface area (Å²) in [7, 11) is -4.36. The summed E-state index contributed by atoms with van der Waals surface area (Å²) in [5.41, 5.74) is 6.95. The number of aromatic amines is 1. The molecule has 0 atom stereocenters. The van der Waals surface area contributed by atoms with E-state index >= 15 is 0 Å². The normalized spacial score (nSPS) is 10.8. The second-order valence-corrected chi connectivity index (χ2v) is 5.79. The van der Waals surface area contributed by atoms with Gasteiger partial charge in [-0.05, 0) is 18.2 Å². The summed E-state index contributed by atoms with van der Waals surface area (Å²) >= 11 is 0. The molecule has 0 aliphatic carbocycles. The molecule has 120 valence electrons.